The summed E-state index contributed by atoms with van der Waals surface area (Å²) in [4.78, 5) is 0. The molecule has 0 radical (unpaired) electrons. The molecule has 0 bridgehead atoms. The van der Waals surface area contributed by atoms with E-state index in [4.69, 9.17) is 10.2 Å². The van der Waals surface area contributed by atoms with Crippen LogP contribution in [0, 0.1) is 0 Å². The molecule has 5 heteroatoms. The molecule has 0 amide bonds. The molecule has 0 fully saturated rings. The Kier molecular flexibility index (Phi) is 3.68. The van der Waals surface area contributed by atoms with E-state index < -0.39 is 0 Å². The van der Waals surface area contributed by atoms with Crippen LogP contribution in [0.5, 0.6) is 0 Å². The molecular weight excluding hydrogens is 234 g/mol. The van der Waals surface area contributed by atoms with E-state index in [0.717, 1.165) is 12.1 Å². The molecular formula is C12H15N3OS. The van der Waals surface area contributed by atoms with Gasteiger partial charge in [0.15, 0.2) is 0 Å². The molecule has 0 aliphatic heterocycles. The number of hydrogen-bond acceptors (Lipinski definition) is 5. The lowest BCUT2D eigenvalue weighted by molar-refractivity contribution is 0.391. The van der Waals surface area contributed by atoms with Gasteiger partial charge >= 0.3 is 0 Å². The van der Waals surface area contributed by atoms with Crippen LogP contribution >= 0.6 is 11.8 Å². The Labute approximate surface area is 105 Å². The molecule has 0 spiro atoms. The van der Waals surface area contributed by atoms with Crippen LogP contribution in [0.4, 0.5) is 5.69 Å². The van der Waals surface area contributed by atoms with Crippen LogP contribution in [0.25, 0.3) is 0 Å². The molecule has 90 valence electrons. The number of nitrogens with zero attached hydrogens (tertiary/aromatic N) is 2. The summed E-state index contributed by atoms with van der Waals surface area (Å²) < 4.78 is 5.51. The van der Waals surface area contributed by atoms with Crippen LogP contribution in [0.3, 0.4) is 0 Å². The first-order chi connectivity index (χ1) is 8.19. The van der Waals surface area contributed by atoms with Crippen LogP contribution in [-0.2, 0) is 6.42 Å². The van der Waals surface area contributed by atoms with Gasteiger partial charge in [-0.05, 0) is 30.4 Å². The first-order valence-corrected chi connectivity index (χ1v) is 6.63. The molecule has 0 saturated heterocycles. The summed E-state index contributed by atoms with van der Waals surface area (Å²) in [7, 11) is 0. The second-order valence-electron chi connectivity index (χ2n) is 3.96. The summed E-state index contributed by atoms with van der Waals surface area (Å²) >= 11 is 1.46. The highest BCUT2D eigenvalue weighted by atomic mass is 32.2. The third-order valence-corrected chi connectivity index (χ3v) is 3.05. The molecule has 2 N–H and O–H groups in total. The Hall–Kier alpha value is -1.49. The third-order valence-electron chi connectivity index (χ3n) is 2.54. The minimum Gasteiger partial charge on any atom is -0.416 e. The maximum absolute atomic E-state index is 5.65. The Morgan fingerprint density at radius 2 is 2.00 bits per heavy atom. The first-order valence-electron chi connectivity index (χ1n) is 5.41. The van der Waals surface area contributed by atoms with E-state index in [2.05, 4.69) is 17.1 Å². The summed E-state index contributed by atoms with van der Waals surface area (Å²) in [5, 5.41) is 8.59. The number of benzene rings is 1. The fraction of sp³-hybridized carbons (Fsp3) is 0.333. The largest absolute Gasteiger partial charge is 0.416 e. The standard InChI is InChI=1S/C12H15N3OS/c1-8(11-14-15-12(16-11)17-2)7-9-3-5-10(13)6-4-9/h3-6,8H,7,13H2,1-2H3. The minimum absolute atomic E-state index is 0.215. The first kappa shape index (κ1) is 12.0. The fourth-order valence-electron chi connectivity index (χ4n) is 1.60. The lowest BCUT2D eigenvalue weighted by Gasteiger charge is -2.06. The molecule has 0 aliphatic carbocycles. The van der Waals surface area contributed by atoms with Crippen LogP contribution in [0.1, 0.15) is 24.3 Å². The number of nitrogen functional groups attached to an aromatic ring is 1. The maximum atomic E-state index is 5.65. The van der Waals surface area contributed by atoms with Gasteiger partial charge in [-0.2, -0.15) is 0 Å². The van der Waals surface area contributed by atoms with Gasteiger partial charge in [-0.15, -0.1) is 10.2 Å². The van der Waals surface area contributed by atoms with Crippen molar-refractivity contribution in [1.29, 1.82) is 0 Å². The van der Waals surface area contributed by atoms with Crippen molar-refractivity contribution in [1.82, 2.24) is 10.2 Å². The maximum Gasteiger partial charge on any atom is 0.276 e. The molecule has 2 rings (SSSR count). The van der Waals surface area contributed by atoms with E-state index >= 15 is 0 Å². The fourth-order valence-corrected chi connectivity index (χ4v) is 1.89. The van der Waals surface area contributed by atoms with Crippen molar-refractivity contribution in [3.8, 4) is 0 Å². The summed E-state index contributed by atoms with van der Waals surface area (Å²) in [5.74, 6) is 0.901. The lowest BCUT2D eigenvalue weighted by atomic mass is 10.0. The molecule has 1 aromatic heterocycles. The minimum atomic E-state index is 0.215. The highest BCUT2D eigenvalue weighted by Crippen LogP contribution is 2.22. The van der Waals surface area contributed by atoms with Crippen molar-refractivity contribution >= 4 is 17.4 Å². The van der Waals surface area contributed by atoms with Crippen molar-refractivity contribution in [2.24, 2.45) is 0 Å². The molecule has 4 nitrogen and oxygen atoms in total. The normalized spacial score (nSPS) is 12.6. The predicted molar refractivity (Wildman–Crippen MR) is 69.1 cm³/mol. The third kappa shape index (κ3) is 3.00. The van der Waals surface area contributed by atoms with E-state index in [1.165, 1.54) is 17.3 Å². The smallest absolute Gasteiger partial charge is 0.276 e. The van der Waals surface area contributed by atoms with Crippen molar-refractivity contribution in [2.45, 2.75) is 24.5 Å². The number of hydrogen-bond donors (Lipinski definition) is 1. The van der Waals surface area contributed by atoms with Gasteiger partial charge in [0.05, 0.1) is 0 Å². The molecule has 0 saturated carbocycles. The van der Waals surface area contributed by atoms with Gasteiger partial charge in [0.2, 0.25) is 5.89 Å². The summed E-state index contributed by atoms with van der Waals surface area (Å²) in [6.45, 7) is 2.08. The van der Waals surface area contributed by atoms with E-state index in [9.17, 15) is 0 Å². The molecule has 1 atom stereocenters. The van der Waals surface area contributed by atoms with Crippen molar-refractivity contribution in [3.05, 3.63) is 35.7 Å². The molecule has 1 heterocycles. The van der Waals surface area contributed by atoms with Crippen LogP contribution in [0.2, 0.25) is 0 Å². The number of nitrogens with two attached hydrogens (primary N) is 1. The summed E-state index contributed by atoms with van der Waals surface area (Å²) in [6.07, 6.45) is 2.79. The number of thioether (sulfide) groups is 1. The van der Waals surface area contributed by atoms with Crippen molar-refractivity contribution in [3.63, 3.8) is 0 Å². The van der Waals surface area contributed by atoms with E-state index in [1.54, 1.807) is 0 Å². The number of aromatic nitrogens is 2. The molecule has 2 aromatic rings. The Morgan fingerprint density at radius 3 is 2.59 bits per heavy atom. The van der Waals surface area contributed by atoms with Gasteiger partial charge in [-0.3, -0.25) is 0 Å². The Morgan fingerprint density at radius 1 is 1.29 bits per heavy atom. The number of rotatable bonds is 4. The second kappa shape index (κ2) is 5.23. The average molecular weight is 249 g/mol. The number of anilines is 1. The van der Waals surface area contributed by atoms with Gasteiger partial charge in [0, 0.05) is 11.6 Å². The van der Waals surface area contributed by atoms with E-state index in [0.29, 0.717) is 11.1 Å². The van der Waals surface area contributed by atoms with Gasteiger partial charge in [-0.1, -0.05) is 30.8 Å². The average Bonchev–Trinajstić information content (AvgIpc) is 2.81. The lowest BCUT2D eigenvalue weighted by Crippen LogP contribution is -1.99. The summed E-state index contributed by atoms with van der Waals surface area (Å²) in [6, 6.07) is 7.86. The van der Waals surface area contributed by atoms with Crippen LogP contribution < -0.4 is 5.73 Å². The van der Waals surface area contributed by atoms with E-state index in [-0.39, 0.29) is 5.92 Å². The predicted octanol–water partition coefficient (Wildman–Crippen LogP) is 2.72. The molecule has 1 unspecified atom stereocenters. The van der Waals surface area contributed by atoms with Crippen LogP contribution in [-0.4, -0.2) is 16.5 Å². The zero-order valence-electron chi connectivity index (χ0n) is 9.88. The SMILES string of the molecule is CSc1nnc(C(C)Cc2ccc(N)cc2)o1. The molecule has 1 aromatic carbocycles. The Balaban J connectivity index is 2.05. The molecule has 17 heavy (non-hydrogen) atoms. The topological polar surface area (TPSA) is 64.9 Å². The van der Waals surface area contributed by atoms with Crippen LogP contribution in [0.15, 0.2) is 33.9 Å². The van der Waals surface area contributed by atoms with Gasteiger partial charge < -0.3 is 10.2 Å². The summed E-state index contributed by atoms with van der Waals surface area (Å²) in [5.41, 5.74) is 7.65. The zero-order chi connectivity index (χ0) is 12.3. The highest BCUT2D eigenvalue weighted by molar-refractivity contribution is 7.98. The van der Waals surface area contributed by atoms with Gasteiger partial charge in [0.25, 0.3) is 5.22 Å². The van der Waals surface area contributed by atoms with Gasteiger partial charge in [0.1, 0.15) is 0 Å². The Bertz CT molecular complexity index is 481. The van der Waals surface area contributed by atoms with Crippen molar-refractivity contribution in [2.75, 3.05) is 12.0 Å². The molecule has 0 aliphatic rings. The van der Waals surface area contributed by atoms with E-state index in [1.807, 2.05) is 30.5 Å². The monoisotopic (exact) mass is 249 g/mol. The van der Waals surface area contributed by atoms with Crippen molar-refractivity contribution < 1.29 is 4.42 Å². The zero-order valence-corrected chi connectivity index (χ0v) is 10.7. The highest BCUT2D eigenvalue weighted by Gasteiger charge is 2.14. The van der Waals surface area contributed by atoms with Gasteiger partial charge in [-0.25, -0.2) is 0 Å². The second-order valence-corrected chi connectivity index (χ2v) is 4.71. The quantitative estimate of drug-likeness (QED) is 0.666.